The topological polar surface area (TPSA) is 51.2 Å². The van der Waals surface area contributed by atoms with Crippen molar-refractivity contribution < 1.29 is 13.2 Å². The normalized spacial score (nSPS) is 11.4. The minimum atomic E-state index is -2.97. The van der Waals surface area contributed by atoms with Crippen LogP contribution in [0.3, 0.4) is 0 Å². The van der Waals surface area contributed by atoms with Gasteiger partial charge in [-0.1, -0.05) is 12.1 Å². The van der Waals surface area contributed by atoms with Gasteiger partial charge >= 0.3 is 0 Å². The summed E-state index contributed by atoms with van der Waals surface area (Å²) in [6.45, 7) is 0. The molecule has 0 saturated heterocycles. The zero-order chi connectivity index (χ0) is 12.9. The minimum Gasteiger partial charge on any atom is -0.294 e. The van der Waals surface area contributed by atoms with Crippen LogP contribution in [0.2, 0.25) is 0 Å². The zero-order valence-corrected chi connectivity index (χ0v) is 11.6. The van der Waals surface area contributed by atoms with Gasteiger partial charge in [-0.15, -0.1) is 11.8 Å². The number of carbonyl (C=O) groups excluding carboxylic acids is 1. The summed E-state index contributed by atoms with van der Waals surface area (Å²) < 4.78 is 21.8. The summed E-state index contributed by atoms with van der Waals surface area (Å²) in [6.07, 6.45) is 3.83. The van der Waals surface area contributed by atoms with Crippen LogP contribution < -0.4 is 0 Å². The van der Waals surface area contributed by atoms with Gasteiger partial charge in [0.25, 0.3) is 0 Å². The molecule has 5 heteroatoms. The molecule has 0 spiro atoms. The number of hydrogen-bond donors (Lipinski definition) is 0. The molecule has 0 N–H and O–H groups in total. The van der Waals surface area contributed by atoms with Crippen molar-refractivity contribution in [3.05, 3.63) is 29.8 Å². The number of carbonyl (C=O) groups is 1. The molecule has 0 aliphatic heterocycles. The van der Waals surface area contributed by atoms with Crippen molar-refractivity contribution in [3.8, 4) is 0 Å². The first-order chi connectivity index (χ1) is 7.92. The Morgan fingerprint density at radius 2 is 1.82 bits per heavy atom. The Hall–Kier alpha value is -0.810. The fourth-order valence-corrected chi connectivity index (χ4v) is 2.49. The number of Topliss-reactive ketones (excluding diaryl/α,β-unsaturated/α-hetero) is 1. The second-order valence-corrected chi connectivity index (χ2v) is 7.02. The van der Waals surface area contributed by atoms with Crippen LogP contribution in [0.4, 0.5) is 0 Å². The third-order valence-corrected chi connectivity index (χ3v) is 4.10. The van der Waals surface area contributed by atoms with Crippen molar-refractivity contribution in [2.75, 3.05) is 18.3 Å². The van der Waals surface area contributed by atoms with Gasteiger partial charge in [-0.3, -0.25) is 4.79 Å². The molecule has 0 radical (unpaired) electrons. The molecule has 0 saturated carbocycles. The lowest BCUT2D eigenvalue weighted by molar-refractivity contribution is 0.0982. The van der Waals surface area contributed by atoms with E-state index in [2.05, 4.69) is 0 Å². The van der Waals surface area contributed by atoms with Crippen molar-refractivity contribution in [1.29, 1.82) is 0 Å². The van der Waals surface area contributed by atoms with E-state index in [1.54, 1.807) is 23.9 Å². The van der Waals surface area contributed by atoms with Crippen LogP contribution in [-0.4, -0.2) is 32.5 Å². The molecule has 0 bridgehead atoms. The van der Waals surface area contributed by atoms with Crippen LogP contribution in [0.15, 0.2) is 29.2 Å². The second kappa shape index (κ2) is 6.21. The first-order valence-corrected chi connectivity index (χ1v) is 8.56. The van der Waals surface area contributed by atoms with Crippen LogP contribution in [0.25, 0.3) is 0 Å². The van der Waals surface area contributed by atoms with E-state index in [4.69, 9.17) is 0 Å². The van der Waals surface area contributed by atoms with E-state index < -0.39 is 9.84 Å². The summed E-state index contributed by atoms with van der Waals surface area (Å²) in [4.78, 5) is 12.8. The average Bonchev–Trinajstić information content (AvgIpc) is 2.27. The van der Waals surface area contributed by atoms with E-state index in [9.17, 15) is 13.2 Å². The Labute approximate surface area is 107 Å². The molecule has 17 heavy (non-hydrogen) atoms. The van der Waals surface area contributed by atoms with Gasteiger partial charge in [-0.05, 0) is 24.8 Å². The Morgan fingerprint density at radius 1 is 1.24 bits per heavy atom. The lowest BCUT2D eigenvalue weighted by atomic mass is 10.1. The quantitative estimate of drug-likeness (QED) is 0.589. The molecule has 0 aliphatic carbocycles. The van der Waals surface area contributed by atoms with Gasteiger partial charge in [0.05, 0.1) is 5.75 Å². The van der Waals surface area contributed by atoms with Gasteiger partial charge in [-0.25, -0.2) is 8.42 Å². The lowest BCUT2D eigenvalue weighted by Gasteiger charge is -2.02. The van der Waals surface area contributed by atoms with Gasteiger partial charge in [0, 0.05) is 23.1 Å². The van der Waals surface area contributed by atoms with Crippen molar-refractivity contribution in [2.45, 2.75) is 17.7 Å². The monoisotopic (exact) mass is 272 g/mol. The maximum Gasteiger partial charge on any atom is 0.162 e. The highest BCUT2D eigenvalue weighted by Gasteiger charge is 2.08. The largest absolute Gasteiger partial charge is 0.294 e. The number of thioether (sulfide) groups is 1. The first kappa shape index (κ1) is 14.3. The molecular weight excluding hydrogens is 256 g/mol. The number of benzene rings is 1. The minimum absolute atomic E-state index is 0.00121. The Balaban J connectivity index is 2.52. The fourth-order valence-electron chi connectivity index (χ4n) is 1.42. The van der Waals surface area contributed by atoms with Gasteiger partial charge in [0.1, 0.15) is 9.84 Å². The molecular formula is C12H16O3S2. The number of rotatable bonds is 6. The third-order valence-electron chi connectivity index (χ3n) is 2.33. The molecule has 0 amide bonds. The third kappa shape index (κ3) is 5.37. The zero-order valence-electron chi connectivity index (χ0n) is 9.97. The number of sulfone groups is 1. The van der Waals surface area contributed by atoms with Crippen molar-refractivity contribution in [1.82, 2.24) is 0 Å². The molecule has 1 aromatic rings. The van der Waals surface area contributed by atoms with Gasteiger partial charge < -0.3 is 0 Å². The predicted molar refractivity (Wildman–Crippen MR) is 71.5 cm³/mol. The van der Waals surface area contributed by atoms with Crippen LogP contribution in [0.5, 0.6) is 0 Å². The van der Waals surface area contributed by atoms with Gasteiger partial charge in [-0.2, -0.15) is 0 Å². The summed E-state index contributed by atoms with van der Waals surface area (Å²) in [5, 5.41) is 0. The Morgan fingerprint density at radius 3 is 2.29 bits per heavy atom. The van der Waals surface area contributed by atoms with E-state index in [0.29, 0.717) is 12.0 Å². The smallest absolute Gasteiger partial charge is 0.162 e. The molecule has 0 fully saturated rings. The predicted octanol–water partition coefficient (Wildman–Crippen LogP) is 2.42. The van der Waals surface area contributed by atoms with E-state index in [0.717, 1.165) is 4.90 Å². The van der Waals surface area contributed by atoms with Crippen molar-refractivity contribution >= 4 is 27.4 Å². The molecule has 94 valence electrons. The van der Waals surface area contributed by atoms with E-state index in [-0.39, 0.29) is 18.0 Å². The van der Waals surface area contributed by atoms with E-state index >= 15 is 0 Å². The molecule has 0 heterocycles. The number of hydrogen-bond acceptors (Lipinski definition) is 4. The Kier molecular flexibility index (Phi) is 5.21. The summed E-state index contributed by atoms with van der Waals surface area (Å²) in [6, 6.07) is 7.37. The molecule has 0 aromatic heterocycles. The molecule has 0 atom stereocenters. The highest BCUT2D eigenvalue weighted by Crippen LogP contribution is 2.16. The standard InChI is InChI=1S/C12H16O3S2/c1-16-11-7-5-10(6-8-11)12(13)4-3-9-17(2,14)15/h5-8H,3-4,9H2,1-2H3. The van der Waals surface area contributed by atoms with Crippen LogP contribution >= 0.6 is 11.8 Å². The maximum atomic E-state index is 11.7. The van der Waals surface area contributed by atoms with E-state index in [1.165, 1.54) is 6.26 Å². The van der Waals surface area contributed by atoms with Gasteiger partial charge in [0.15, 0.2) is 5.78 Å². The first-order valence-electron chi connectivity index (χ1n) is 5.27. The Bertz CT molecular complexity index is 475. The maximum absolute atomic E-state index is 11.7. The summed E-state index contributed by atoms with van der Waals surface area (Å²) in [7, 11) is -2.97. The van der Waals surface area contributed by atoms with Crippen molar-refractivity contribution in [2.24, 2.45) is 0 Å². The SMILES string of the molecule is CSc1ccc(C(=O)CCCS(C)(=O)=O)cc1. The summed E-state index contributed by atoms with van der Waals surface area (Å²) in [5.74, 6) is 0.0723. The molecule has 3 nitrogen and oxygen atoms in total. The highest BCUT2D eigenvalue weighted by molar-refractivity contribution is 7.98. The number of ketones is 1. The molecule has 0 unspecified atom stereocenters. The molecule has 0 aliphatic rings. The van der Waals surface area contributed by atoms with Crippen LogP contribution in [0, 0.1) is 0 Å². The molecule has 1 aromatic carbocycles. The van der Waals surface area contributed by atoms with Gasteiger partial charge in [0.2, 0.25) is 0 Å². The lowest BCUT2D eigenvalue weighted by Crippen LogP contribution is -2.06. The average molecular weight is 272 g/mol. The van der Waals surface area contributed by atoms with Crippen LogP contribution in [-0.2, 0) is 9.84 Å². The van der Waals surface area contributed by atoms with E-state index in [1.807, 2.05) is 18.4 Å². The second-order valence-electron chi connectivity index (χ2n) is 3.89. The summed E-state index contributed by atoms with van der Waals surface area (Å²) >= 11 is 1.62. The summed E-state index contributed by atoms with van der Waals surface area (Å²) in [5.41, 5.74) is 0.649. The van der Waals surface area contributed by atoms with Crippen LogP contribution in [0.1, 0.15) is 23.2 Å². The molecule has 1 rings (SSSR count). The highest BCUT2D eigenvalue weighted by atomic mass is 32.2. The fraction of sp³-hybridized carbons (Fsp3) is 0.417. The van der Waals surface area contributed by atoms with Crippen molar-refractivity contribution in [3.63, 3.8) is 0 Å².